The number of hydrogen-bond acceptors (Lipinski definition) is 6. The fourth-order valence-electron chi connectivity index (χ4n) is 8.22. The van der Waals surface area contributed by atoms with E-state index in [2.05, 4.69) is 32.2 Å². The summed E-state index contributed by atoms with van der Waals surface area (Å²) in [6.07, 6.45) is 9.42. The van der Waals surface area contributed by atoms with Gasteiger partial charge in [0.05, 0.1) is 37.2 Å². The molecule has 49 heavy (non-hydrogen) atoms. The van der Waals surface area contributed by atoms with Crippen molar-refractivity contribution in [2.75, 3.05) is 50.5 Å². The fraction of sp³-hybridized carbons (Fsp3) is 0.556. The Bertz CT molecular complexity index is 1790. The van der Waals surface area contributed by atoms with Gasteiger partial charge in [0.15, 0.2) is 0 Å². The molecule has 0 aromatic heterocycles. The van der Waals surface area contributed by atoms with Gasteiger partial charge in [-0.3, -0.25) is 9.52 Å². The average Bonchev–Trinajstić information content (AvgIpc) is 3.17. The number of hydrogen-bond donors (Lipinski definition) is 1. The molecule has 1 spiro atoms. The molecule has 7 rings (SSSR count). The van der Waals surface area contributed by atoms with Gasteiger partial charge in [-0.05, 0) is 97.7 Å². The molecular formula is C36H43ClF2N4O5S. The summed E-state index contributed by atoms with van der Waals surface area (Å²) >= 11 is 6.42. The number of aryl methyl sites for hydroxylation is 1. The quantitative estimate of drug-likeness (QED) is 0.350. The Kier molecular flexibility index (Phi) is 9.19. The molecule has 2 aromatic rings. The van der Waals surface area contributed by atoms with E-state index < -0.39 is 40.9 Å². The van der Waals surface area contributed by atoms with Gasteiger partial charge in [0.25, 0.3) is 11.8 Å². The standard InChI is InChI=1S/C36H43ClF2N4O5S/c1-23-5-3-7-31(47-2)28-11-8-26(28)17-42-19-35(14-4-6-24-15-27(37)10-12-29(24)35)22-48-32-13-9-25(16-30(32)42)33(44)40-49(46,18-23)41-34(45)43-20-36(38,39)21-43/h3,7,9-10,12-13,15-16,23,26,28,31H,4-6,8,11,14,17-22H2,1-2H3,(H,40,41,44,45,46)/b7-3+/t23-,26-,28+,31-,35-,49?/m0/s1. The van der Waals surface area contributed by atoms with Gasteiger partial charge in [0.2, 0.25) is 0 Å². The van der Waals surface area contributed by atoms with E-state index in [1.807, 2.05) is 19.1 Å². The highest BCUT2D eigenvalue weighted by Crippen LogP contribution is 2.47. The zero-order valence-electron chi connectivity index (χ0n) is 27.8. The van der Waals surface area contributed by atoms with E-state index in [9.17, 15) is 22.6 Å². The number of methoxy groups -OCH3 is 1. The Morgan fingerprint density at radius 2 is 1.98 bits per heavy atom. The van der Waals surface area contributed by atoms with Crippen molar-refractivity contribution in [3.8, 4) is 5.75 Å². The predicted octanol–water partition coefficient (Wildman–Crippen LogP) is 6.63. The Hall–Kier alpha value is -3.22. The van der Waals surface area contributed by atoms with Crippen LogP contribution in [0.5, 0.6) is 5.75 Å². The Morgan fingerprint density at radius 1 is 1.16 bits per heavy atom. The topological polar surface area (TPSA) is 101 Å². The van der Waals surface area contributed by atoms with Crippen LogP contribution in [-0.4, -0.2) is 78.7 Å². The molecule has 1 unspecified atom stereocenters. The minimum absolute atomic E-state index is 0.109. The number of carbonyl (C=O) groups is 2. The van der Waals surface area contributed by atoms with Crippen molar-refractivity contribution < 1.29 is 32.1 Å². The average molecular weight is 717 g/mol. The minimum Gasteiger partial charge on any atom is -0.490 e. The molecule has 3 aliphatic heterocycles. The van der Waals surface area contributed by atoms with Crippen molar-refractivity contribution in [2.24, 2.45) is 22.1 Å². The number of urea groups is 1. The van der Waals surface area contributed by atoms with Crippen molar-refractivity contribution >= 4 is 39.1 Å². The molecule has 2 fully saturated rings. The first kappa shape index (κ1) is 34.2. The molecule has 1 saturated heterocycles. The molecule has 1 N–H and O–H groups in total. The summed E-state index contributed by atoms with van der Waals surface area (Å²) in [5.74, 6) is -2.83. The Labute approximate surface area is 291 Å². The summed E-state index contributed by atoms with van der Waals surface area (Å²) in [6, 6.07) is 10.3. The molecule has 1 saturated carbocycles. The summed E-state index contributed by atoms with van der Waals surface area (Å²) in [5, 5.41) is 0.714. The van der Waals surface area contributed by atoms with E-state index in [0.29, 0.717) is 42.2 Å². The number of nitrogens with zero attached hydrogens (tertiary/aromatic N) is 3. The number of ether oxygens (including phenoxy) is 2. The largest absolute Gasteiger partial charge is 0.490 e. The molecule has 9 nitrogen and oxygen atoms in total. The Morgan fingerprint density at radius 3 is 2.71 bits per heavy atom. The molecule has 0 radical (unpaired) electrons. The number of allylic oxidation sites excluding steroid dienone is 1. The highest BCUT2D eigenvalue weighted by molar-refractivity contribution is 7.92. The molecule has 5 aliphatic rings. The number of benzene rings is 2. The minimum atomic E-state index is -3.68. The number of alkyl halides is 2. The maximum absolute atomic E-state index is 14.2. The number of rotatable bonds is 2. The van der Waals surface area contributed by atoms with Gasteiger partial charge in [-0.2, -0.15) is 0 Å². The summed E-state index contributed by atoms with van der Waals surface area (Å²) in [5.41, 5.74) is 3.14. The lowest BCUT2D eigenvalue weighted by Crippen LogP contribution is -2.61. The molecule has 3 heterocycles. The molecular weight excluding hydrogens is 674 g/mol. The Balaban J connectivity index is 1.28. The van der Waals surface area contributed by atoms with E-state index in [4.69, 9.17) is 21.1 Å². The number of carbonyl (C=O) groups excluding carboxylic acids is 2. The second kappa shape index (κ2) is 13.2. The van der Waals surface area contributed by atoms with Gasteiger partial charge in [-0.15, -0.1) is 4.36 Å². The zero-order valence-corrected chi connectivity index (χ0v) is 29.4. The van der Waals surface area contributed by atoms with Crippen LogP contribution in [0.3, 0.4) is 0 Å². The van der Waals surface area contributed by atoms with Crippen LogP contribution in [-0.2, 0) is 26.5 Å². The van der Waals surface area contributed by atoms with Crippen LogP contribution in [0.15, 0.2) is 52.9 Å². The van der Waals surface area contributed by atoms with E-state index >= 15 is 0 Å². The van der Waals surface area contributed by atoms with Crippen molar-refractivity contribution in [3.05, 3.63) is 70.3 Å². The maximum atomic E-state index is 14.2. The smallest absolute Gasteiger partial charge is 0.330 e. The predicted molar refractivity (Wildman–Crippen MR) is 185 cm³/mol. The third-order valence-corrected chi connectivity index (χ3v) is 13.1. The van der Waals surface area contributed by atoms with Crippen molar-refractivity contribution in [1.29, 1.82) is 0 Å². The summed E-state index contributed by atoms with van der Waals surface area (Å²) in [4.78, 5) is 29.9. The van der Waals surface area contributed by atoms with E-state index in [0.717, 1.165) is 49.2 Å². The lowest BCUT2D eigenvalue weighted by molar-refractivity contribution is -0.109. The highest BCUT2D eigenvalue weighted by Gasteiger charge is 2.47. The first-order valence-corrected chi connectivity index (χ1v) is 19.2. The lowest BCUT2D eigenvalue weighted by Gasteiger charge is -2.46. The van der Waals surface area contributed by atoms with Crippen LogP contribution in [0, 0.1) is 17.8 Å². The van der Waals surface area contributed by atoms with Crippen molar-refractivity contribution in [3.63, 3.8) is 0 Å². The van der Waals surface area contributed by atoms with Crippen molar-refractivity contribution in [1.82, 2.24) is 9.62 Å². The number of amides is 3. The third-order valence-electron chi connectivity index (χ3n) is 10.9. The van der Waals surface area contributed by atoms with Gasteiger partial charge < -0.3 is 19.3 Å². The van der Waals surface area contributed by atoms with Gasteiger partial charge in [-0.1, -0.05) is 36.7 Å². The number of fused-ring (bicyclic) bond motifs is 4. The first-order chi connectivity index (χ1) is 23.4. The number of halogens is 3. The first-order valence-electron chi connectivity index (χ1n) is 17.1. The van der Waals surface area contributed by atoms with Crippen LogP contribution in [0.4, 0.5) is 19.3 Å². The van der Waals surface area contributed by atoms with E-state index in [-0.39, 0.29) is 28.8 Å². The molecule has 3 amide bonds. The molecule has 13 heteroatoms. The second-order valence-corrected chi connectivity index (χ2v) is 17.0. The van der Waals surface area contributed by atoms with Gasteiger partial charge >= 0.3 is 6.03 Å². The normalized spacial score (nSPS) is 33.0. The van der Waals surface area contributed by atoms with Crippen molar-refractivity contribution in [2.45, 2.75) is 62.9 Å². The lowest BCUT2D eigenvalue weighted by atomic mass is 9.68. The number of anilines is 1. The summed E-state index contributed by atoms with van der Waals surface area (Å²) < 4.78 is 60.4. The van der Waals surface area contributed by atoms with E-state index in [1.54, 1.807) is 25.3 Å². The van der Waals surface area contributed by atoms with Gasteiger partial charge in [0.1, 0.15) is 15.7 Å². The van der Waals surface area contributed by atoms with Crippen LogP contribution in [0.2, 0.25) is 5.02 Å². The van der Waals surface area contributed by atoms with Crippen LogP contribution < -0.4 is 14.4 Å². The number of likely N-dealkylation sites (tertiary alicyclic amines) is 1. The molecule has 6 atom stereocenters. The maximum Gasteiger partial charge on any atom is 0.330 e. The molecule has 264 valence electrons. The highest BCUT2D eigenvalue weighted by atomic mass is 35.5. The van der Waals surface area contributed by atoms with Crippen LogP contribution in [0.1, 0.15) is 60.5 Å². The molecule has 2 bridgehead atoms. The van der Waals surface area contributed by atoms with Crippen LogP contribution >= 0.6 is 11.6 Å². The third kappa shape index (κ3) is 6.93. The molecule has 2 aliphatic carbocycles. The van der Waals surface area contributed by atoms with Gasteiger partial charge in [-0.25, -0.2) is 17.8 Å². The van der Waals surface area contributed by atoms with Gasteiger partial charge in [0, 0.05) is 36.2 Å². The zero-order chi connectivity index (χ0) is 34.6. The fourth-order valence-corrected chi connectivity index (χ4v) is 10.3. The SMILES string of the molecule is CO[C@H]1/C=C/C[C@H](C)CS(=O)(NC(=O)N2CC(F)(F)C2)=NC(=O)c2ccc3c(c2)N(C[C@@H]2CC[C@H]21)C[C@@]1(CCCc2cc(Cl)ccc21)CO3. The summed E-state index contributed by atoms with van der Waals surface area (Å²) in [6.45, 7) is 2.17. The van der Waals surface area contributed by atoms with E-state index in [1.165, 1.54) is 11.1 Å². The van der Waals surface area contributed by atoms with Crippen LogP contribution in [0.25, 0.3) is 0 Å². The summed E-state index contributed by atoms with van der Waals surface area (Å²) in [7, 11) is -1.96. The monoisotopic (exact) mass is 716 g/mol. The number of nitrogens with one attached hydrogen (secondary N) is 1. The molecule has 2 aromatic carbocycles. The second-order valence-electron chi connectivity index (χ2n) is 14.6.